The molecule has 0 amide bonds. The van der Waals surface area contributed by atoms with Crippen molar-refractivity contribution < 1.29 is 27.6 Å². The highest BCUT2D eigenvalue weighted by molar-refractivity contribution is 5.38. The van der Waals surface area contributed by atoms with Crippen LogP contribution in [0.1, 0.15) is 11.7 Å². The molecular formula is C8H5F4NO3. The first-order chi connectivity index (χ1) is 7.25. The van der Waals surface area contributed by atoms with Gasteiger partial charge in [0.25, 0.3) is 0 Å². The predicted octanol–water partition coefficient (Wildman–Crippen LogP) is 2.33. The van der Waals surface area contributed by atoms with Gasteiger partial charge in [-0.05, 0) is 0 Å². The summed E-state index contributed by atoms with van der Waals surface area (Å²) in [5, 5.41) is 19.0. The normalized spacial score (nSPS) is 13.6. The average Bonchev–Trinajstić information content (AvgIpc) is 2.15. The standard InChI is InChI=1S/C8H5F4NO3/c9-6-4(7(14)8(10,11)12)2-1-3-5(6)13(15)16/h1-3,7,14H/t7-/m1/s1. The van der Waals surface area contributed by atoms with Crippen molar-refractivity contribution in [1.82, 2.24) is 0 Å². The van der Waals surface area contributed by atoms with Gasteiger partial charge in [-0.1, -0.05) is 12.1 Å². The van der Waals surface area contributed by atoms with E-state index >= 15 is 0 Å². The van der Waals surface area contributed by atoms with Crippen molar-refractivity contribution in [2.24, 2.45) is 0 Å². The van der Waals surface area contributed by atoms with Crippen LogP contribution in [0.4, 0.5) is 23.2 Å². The molecule has 0 aliphatic carbocycles. The number of nitro benzene ring substituents is 1. The minimum atomic E-state index is -5.07. The summed E-state index contributed by atoms with van der Waals surface area (Å²) in [5.41, 5.74) is -2.28. The van der Waals surface area contributed by atoms with Crippen LogP contribution in [0.15, 0.2) is 18.2 Å². The zero-order valence-corrected chi connectivity index (χ0v) is 7.53. The van der Waals surface area contributed by atoms with Gasteiger partial charge in [0.15, 0.2) is 6.10 Å². The van der Waals surface area contributed by atoms with Gasteiger partial charge in [-0.3, -0.25) is 10.1 Å². The molecule has 0 radical (unpaired) electrons. The summed E-state index contributed by atoms with van der Waals surface area (Å²) in [7, 11) is 0. The van der Waals surface area contributed by atoms with Gasteiger partial charge in [-0.15, -0.1) is 0 Å². The third-order valence-electron chi connectivity index (χ3n) is 1.81. The molecule has 1 aromatic rings. The fourth-order valence-corrected chi connectivity index (χ4v) is 1.07. The van der Waals surface area contributed by atoms with Gasteiger partial charge >= 0.3 is 11.9 Å². The summed E-state index contributed by atoms with van der Waals surface area (Å²) < 4.78 is 49.4. The Morgan fingerprint density at radius 1 is 1.38 bits per heavy atom. The molecule has 0 unspecified atom stereocenters. The lowest BCUT2D eigenvalue weighted by atomic mass is 10.1. The Kier molecular flexibility index (Phi) is 3.13. The average molecular weight is 239 g/mol. The summed E-state index contributed by atoms with van der Waals surface area (Å²) in [4.78, 5) is 9.08. The van der Waals surface area contributed by atoms with E-state index in [1.54, 1.807) is 0 Å². The zero-order valence-electron chi connectivity index (χ0n) is 7.53. The second-order valence-electron chi connectivity index (χ2n) is 2.88. The highest BCUT2D eigenvalue weighted by Gasteiger charge is 2.42. The van der Waals surface area contributed by atoms with E-state index in [0.717, 1.165) is 6.07 Å². The number of aliphatic hydroxyl groups is 1. The minimum absolute atomic E-state index is 0.639. The van der Waals surface area contributed by atoms with Crippen LogP contribution < -0.4 is 0 Å². The zero-order chi connectivity index (χ0) is 12.5. The molecule has 0 saturated heterocycles. The van der Waals surface area contributed by atoms with Gasteiger partial charge in [0, 0.05) is 11.6 Å². The highest BCUT2D eigenvalue weighted by atomic mass is 19.4. The number of nitro groups is 1. The third kappa shape index (κ3) is 2.27. The summed E-state index contributed by atoms with van der Waals surface area (Å²) in [6, 6.07) is 2.22. The first kappa shape index (κ1) is 12.4. The van der Waals surface area contributed by atoms with E-state index < -0.39 is 34.3 Å². The minimum Gasteiger partial charge on any atom is -0.379 e. The topological polar surface area (TPSA) is 63.4 Å². The number of rotatable bonds is 2. The highest BCUT2D eigenvalue weighted by Crippen LogP contribution is 2.35. The van der Waals surface area contributed by atoms with Crippen LogP contribution in [0.2, 0.25) is 0 Å². The summed E-state index contributed by atoms with van der Waals surface area (Å²) >= 11 is 0. The van der Waals surface area contributed by atoms with E-state index in [4.69, 9.17) is 5.11 Å². The molecule has 1 atom stereocenters. The fourth-order valence-electron chi connectivity index (χ4n) is 1.07. The van der Waals surface area contributed by atoms with Crippen LogP contribution in [0, 0.1) is 15.9 Å². The molecule has 0 saturated carbocycles. The number of alkyl halides is 3. The van der Waals surface area contributed by atoms with Gasteiger partial charge < -0.3 is 5.11 Å². The van der Waals surface area contributed by atoms with E-state index in [-0.39, 0.29) is 0 Å². The van der Waals surface area contributed by atoms with Gasteiger partial charge in [0.2, 0.25) is 5.82 Å². The first-order valence-corrected chi connectivity index (χ1v) is 3.92. The van der Waals surface area contributed by atoms with Crippen molar-refractivity contribution in [3.63, 3.8) is 0 Å². The lowest BCUT2D eigenvalue weighted by molar-refractivity contribution is -0.387. The molecule has 1 rings (SSSR count). The molecule has 0 aliphatic heterocycles. The molecule has 0 bridgehead atoms. The molecule has 88 valence electrons. The van der Waals surface area contributed by atoms with Crippen LogP contribution >= 0.6 is 0 Å². The maximum absolute atomic E-state index is 13.2. The fraction of sp³-hybridized carbons (Fsp3) is 0.250. The first-order valence-electron chi connectivity index (χ1n) is 3.92. The summed E-state index contributed by atoms with van der Waals surface area (Å²) in [6.07, 6.45) is -8.15. The monoisotopic (exact) mass is 239 g/mol. The summed E-state index contributed by atoms with van der Waals surface area (Å²) in [5.74, 6) is -1.68. The quantitative estimate of drug-likeness (QED) is 0.489. The Morgan fingerprint density at radius 2 is 1.94 bits per heavy atom. The van der Waals surface area contributed by atoms with Crippen LogP contribution in [0.3, 0.4) is 0 Å². The van der Waals surface area contributed by atoms with E-state index in [1.807, 2.05) is 0 Å². The molecule has 0 aromatic heterocycles. The maximum atomic E-state index is 13.2. The number of halogens is 4. The Hall–Kier alpha value is -1.70. The van der Waals surface area contributed by atoms with E-state index in [0.29, 0.717) is 12.1 Å². The molecule has 8 heteroatoms. The molecule has 1 N–H and O–H groups in total. The number of nitrogens with zero attached hydrogens (tertiary/aromatic N) is 1. The van der Waals surface area contributed by atoms with E-state index in [9.17, 15) is 27.7 Å². The van der Waals surface area contributed by atoms with Crippen LogP contribution in [0.5, 0.6) is 0 Å². The molecule has 0 fully saturated rings. The number of hydrogen-bond donors (Lipinski definition) is 1. The van der Waals surface area contributed by atoms with Crippen molar-refractivity contribution in [2.75, 3.05) is 0 Å². The second kappa shape index (κ2) is 4.05. The molecule has 0 aliphatic rings. The molecule has 16 heavy (non-hydrogen) atoms. The molecular weight excluding hydrogens is 234 g/mol. The predicted molar refractivity (Wildman–Crippen MR) is 44.1 cm³/mol. The lowest BCUT2D eigenvalue weighted by Gasteiger charge is -2.14. The smallest absolute Gasteiger partial charge is 0.379 e. The van der Waals surface area contributed by atoms with Gasteiger partial charge in [0.05, 0.1) is 4.92 Å². The second-order valence-corrected chi connectivity index (χ2v) is 2.88. The Bertz CT molecular complexity index is 418. The number of benzene rings is 1. The van der Waals surface area contributed by atoms with E-state index in [2.05, 4.69) is 0 Å². The Balaban J connectivity index is 3.26. The van der Waals surface area contributed by atoms with Crippen molar-refractivity contribution in [3.8, 4) is 0 Å². The largest absolute Gasteiger partial charge is 0.418 e. The van der Waals surface area contributed by atoms with Crippen LogP contribution in [-0.4, -0.2) is 16.2 Å². The van der Waals surface area contributed by atoms with E-state index in [1.165, 1.54) is 0 Å². The molecule has 4 nitrogen and oxygen atoms in total. The van der Waals surface area contributed by atoms with Gasteiger partial charge in [-0.25, -0.2) is 0 Å². The number of aliphatic hydroxyl groups excluding tert-OH is 1. The Morgan fingerprint density at radius 3 is 2.38 bits per heavy atom. The Labute approximate surface area is 86.3 Å². The molecule has 1 aromatic carbocycles. The lowest BCUT2D eigenvalue weighted by Crippen LogP contribution is -2.21. The van der Waals surface area contributed by atoms with Gasteiger partial charge in [-0.2, -0.15) is 17.6 Å². The van der Waals surface area contributed by atoms with Crippen molar-refractivity contribution in [3.05, 3.63) is 39.7 Å². The van der Waals surface area contributed by atoms with Crippen molar-refractivity contribution >= 4 is 5.69 Å². The van der Waals surface area contributed by atoms with Crippen molar-refractivity contribution in [1.29, 1.82) is 0 Å². The maximum Gasteiger partial charge on any atom is 0.418 e. The van der Waals surface area contributed by atoms with Crippen molar-refractivity contribution in [2.45, 2.75) is 12.3 Å². The van der Waals surface area contributed by atoms with Crippen LogP contribution in [0.25, 0.3) is 0 Å². The SMILES string of the molecule is O=[N+]([O-])c1cccc([C@@H](O)C(F)(F)F)c1F. The van der Waals surface area contributed by atoms with Gasteiger partial charge in [0.1, 0.15) is 0 Å². The summed E-state index contributed by atoms with van der Waals surface area (Å²) in [6.45, 7) is 0. The van der Waals surface area contributed by atoms with Crippen LogP contribution in [-0.2, 0) is 0 Å². The molecule has 0 heterocycles. The third-order valence-corrected chi connectivity index (χ3v) is 1.81. The molecule has 0 spiro atoms. The number of hydrogen-bond acceptors (Lipinski definition) is 3.